The molecule has 2 heterocycles. The summed E-state index contributed by atoms with van der Waals surface area (Å²) in [5.41, 5.74) is 1.35. The summed E-state index contributed by atoms with van der Waals surface area (Å²) in [4.78, 5) is 10.9. The summed E-state index contributed by atoms with van der Waals surface area (Å²) in [6, 6.07) is 9.73. The minimum absolute atomic E-state index is 0.259. The Hall–Kier alpha value is -1.35. The standard InChI is InChI=1S/C17H24NO2/c1-13(19)20-17-10-6-14(7-11-17)12-18(2)15-4-3-5-16(18)9-8-15/h6-7,10-11,15-16H,3-5,8-9,12H2,1-2H3/q+1/t15-,16+,18?. The van der Waals surface area contributed by atoms with Crippen LogP contribution in [0.1, 0.15) is 44.6 Å². The first-order chi connectivity index (χ1) is 9.58. The van der Waals surface area contributed by atoms with Crippen molar-refractivity contribution in [2.75, 3.05) is 7.05 Å². The van der Waals surface area contributed by atoms with Gasteiger partial charge < -0.3 is 9.22 Å². The molecule has 1 aromatic rings. The summed E-state index contributed by atoms with van der Waals surface area (Å²) in [7, 11) is 2.43. The zero-order chi connectivity index (χ0) is 14.2. The molecule has 0 aromatic heterocycles. The summed E-state index contributed by atoms with van der Waals surface area (Å²) >= 11 is 0. The van der Waals surface area contributed by atoms with E-state index in [0.717, 1.165) is 18.6 Å². The third-order valence-corrected chi connectivity index (χ3v) is 5.28. The van der Waals surface area contributed by atoms with E-state index in [9.17, 15) is 4.79 Å². The molecule has 2 fully saturated rings. The maximum absolute atomic E-state index is 10.9. The lowest BCUT2D eigenvalue weighted by atomic mass is 9.98. The second-order valence-corrected chi connectivity index (χ2v) is 6.56. The van der Waals surface area contributed by atoms with Crippen molar-refractivity contribution in [3.63, 3.8) is 0 Å². The molecule has 3 rings (SSSR count). The minimum atomic E-state index is -0.259. The molecule has 20 heavy (non-hydrogen) atoms. The number of quaternary nitrogens is 1. The topological polar surface area (TPSA) is 26.3 Å². The van der Waals surface area contributed by atoms with Gasteiger partial charge in [-0.3, -0.25) is 4.79 Å². The quantitative estimate of drug-likeness (QED) is 0.480. The van der Waals surface area contributed by atoms with Gasteiger partial charge in [0.15, 0.2) is 0 Å². The summed E-state index contributed by atoms with van der Waals surface area (Å²) in [6.07, 6.45) is 6.98. The molecular weight excluding hydrogens is 250 g/mol. The second kappa shape index (κ2) is 5.21. The Kier molecular flexibility index (Phi) is 3.55. The molecule has 3 heteroatoms. The molecule has 0 radical (unpaired) electrons. The Balaban J connectivity index is 1.73. The number of ether oxygens (including phenoxy) is 1. The van der Waals surface area contributed by atoms with Gasteiger partial charge in [0.1, 0.15) is 12.3 Å². The minimum Gasteiger partial charge on any atom is -0.427 e. The normalized spacial score (nSPS) is 32.1. The lowest BCUT2D eigenvalue weighted by molar-refractivity contribution is -0.960. The maximum atomic E-state index is 10.9. The number of fused-ring (bicyclic) bond motifs is 2. The predicted octanol–water partition coefficient (Wildman–Crippen LogP) is 3.27. The number of nitrogens with zero attached hydrogens (tertiary/aromatic N) is 1. The van der Waals surface area contributed by atoms with Gasteiger partial charge in [0.25, 0.3) is 0 Å². The van der Waals surface area contributed by atoms with Crippen molar-refractivity contribution < 1.29 is 14.0 Å². The van der Waals surface area contributed by atoms with E-state index in [0.29, 0.717) is 5.75 Å². The molecule has 3 nitrogen and oxygen atoms in total. The first kappa shape index (κ1) is 13.6. The van der Waals surface area contributed by atoms with Crippen LogP contribution in [0.5, 0.6) is 5.75 Å². The molecule has 1 aromatic carbocycles. The first-order valence-electron chi connectivity index (χ1n) is 7.70. The zero-order valence-corrected chi connectivity index (χ0v) is 12.5. The van der Waals surface area contributed by atoms with E-state index >= 15 is 0 Å². The van der Waals surface area contributed by atoms with Crippen LogP contribution in [0.15, 0.2) is 24.3 Å². The number of carbonyl (C=O) groups is 1. The molecule has 1 unspecified atom stereocenters. The van der Waals surface area contributed by atoms with Crippen molar-refractivity contribution >= 4 is 5.97 Å². The summed E-state index contributed by atoms with van der Waals surface area (Å²) in [5, 5.41) is 0. The lowest BCUT2D eigenvalue weighted by Gasteiger charge is -2.45. The van der Waals surface area contributed by atoms with Crippen molar-refractivity contribution in [3.05, 3.63) is 29.8 Å². The van der Waals surface area contributed by atoms with Crippen molar-refractivity contribution in [1.82, 2.24) is 0 Å². The van der Waals surface area contributed by atoms with Gasteiger partial charge in [0, 0.05) is 25.3 Å². The van der Waals surface area contributed by atoms with Crippen molar-refractivity contribution in [3.8, 4) is 5.75 Å². The number of hydrogen-bond acceptors (Lipinski definition) is 2. The number of benzene rings is 1. The molecule has 0 amide bonds. The summed E-state index contributed by atoms with van der Waals surface area (Å²) < 4.78 is 6.31. The molecule has 3 atom stereocenters. The Morgan fingerprint density at radius 1 is 1.15 bits per heavy atom. The monoisotopic (exact) mass is 274 g/mol. The van der Waals surface area contributed by atoms with E-state index < -0.39 is 0 Å². The molecule has 0 aliphatic carbocycles. The van der Waals surface area contributed by atoms with Crippen LogP contribution in [0, 0.1) is 0 Å². The average molecular weight is 274 g/mol. The van der Waals surface area contributed by atoms with E-state index in [1.165, 1.54) is 49.1 Å². The second-order valence-electron chi connectivity index (χ2n) is 6.56. The zero-order valence-electron chi connectivity index (χ0n) is 12.5. The third-order valence-electron chi connectivity index (χ3n) is 5.28. The highest BCUT2D eigenvalue weighted by molar-refractivity contribution is 5.69. The molecular formula is C17H24NO2+. The number of piperidine rings is 1. The van der Waals surface area contributed by atoms with Crippen LogP contribution in [0.2, 0.25) is 0 Å². The van der Waals surface area contributed by atoms with Crippen LogP contribution in [0.25, 0.3) is 0 Å². The summed E-state index contributed by atoms with van der Waals surface area (Å²) in [5.74, 6) is 0.385. The highest BCUT2D eigenvalue weighted by atomic mass is 16.5. The molecule has 0 spiro atoms. The van der Waals surface area contributed by atoms with E-state index in [-0.39, 0.29) is 5.97 Å². The summed E-state index contributed by atoms with van der Waals surface area (Å²) in [6.45, 7) is 2.54. The highest BCUT2D eigenvalue weighted by Gasteiger charge is 2.48. The van der Waals surface area contributed by atoms with Crippen LogP contribution in [-0.4, -0.2) is 29.6 Å². The Morgan fingerprint density at radius 3 is 2.30 bits per heavy atom. The molecule has 0 saturated carbocycles. The Bertz CT molecular complexity index is 478. The molecule has 2 aliphatic rings. The van der Waals surface area contributed by atoms with Gasteiger partial charge in [-0.05, 0) is 43.5 Å². The van der Waals surface area contributed by atoms with Gasteiger partial charge in [0.05, 0.1) is 19.1 Å². The predicted molar refractivity (Wildman–Crippen MR) is 78.3 cm³/mol. The highest BCUT2D eigenvalue weighted by Crippen LogP contribution is 2.42. The SMILES string of the molecule is CC(=O)Oc1ccc(C[N+]2(C)[C@@H]3CCC[C@H]2CC3)cc1. The van der Waals surface area contributed by atoms with Gasteiger partial charge in [-0.25, -0.2) is 0 Å². The van der Waals surface area contributed by atoms with Gasteiger partial charge >= 0.3 is 5.97 Å². The molecule has 108 valence electrons. The van der Waals surface area contributed by atoms with Crippen molar-refractivity contribution in [2.24, 2.45) is 0 Å². The van der Waals surface area contributed by atoms with Crippen LogP contribution in [-0.2, 0) is 11.3 Å². The Labute approximate surface area is 121 Å². The largest absolute Gasteiger partial charge is 0.427 e. The molecule has 0 N–H and O–H groups in total. The van der Waals surface area contributed by atoms with Crippen molar-refractivity contribution in [2.45, 2.75) is 57.7 Å². The molecule has 2 bridgehead atoms. The lowest BCUT2D eigenvalue weighted by Crippen LogP contribution is -2.54. The fraction of sp³-hybridized carbons (Fsp3) is 0.588. The van der Waals surface area contributed by atoms with Gasteiger partial charge in [-0.15, -0.1) is 0 Å². The van der Waals surface area contributed by atoms with Crippen LogP contribution in [0.4, 0.5) is 0 Å². The van der Waals surface area contributed by atoms with Gasteiger partial charge in [0.2, 0.25) is 0 Å². The van der Waals surface area contributed by atoms with Gasteiger partial charge in [-0.2, -0.15) is 0 Å². The first-order valence-corrected chi connectivity index (χ1v) is 7.70. The smallest absolute Gasteiger partial charge is 0.308 e. The van der Waals surface area contributed by atoms with Crippen LogP contribution < -0.4 is 4.74 Å². The average Bonchev–Trinajstić information content (AvgIpc) is 2.61. The van der Waals surface area contributed by atoms with Crippen molar-refractivity contribution in [1.29, 1.82) is 0 Å². The number of hydrogen-bond donors (Lipinski definition) is 0. The number of rotatable bonds is 3. The molecule has 2 aliphatic heterocycles. The molecule has 2 saturated heterocycles. The van der Waals surface area contributed by atoms with E-state index in [2.05, 4.69) is 19.2 Å². The van der Waals surface area contributed by atoms with E-state index in [1.54, 1.807) is 0 Å². The van der Waals surface area contributed by atoms with Gasteiger partial charge in [-0.1, -0.05) is 0 Å². The third kappa shape index (κ3) is 2.47. The van der Waals surface area contributed by atoms with E-state index in [1.807, 2.05) is 12.1 Å². The fourth-order valence-electron chi connectivity index (χ4n) is 4.22. The maximum Gasteiger partial charge on any atom is 0.308 e. The van der Waals surface area contributed by atoms with Crippen LogP contribution >= 0.6 is 0 Å². The number of esters is 1. The number of carbonyl (C=O) groups excluding carboxylic acids is 1. The van der Waals surface area contributed by atoms with E-state index in [4.69, 9.17) is 4.74 Å². The van der Waals surface area contributed by atoms with Crippen LogP contribution in [0.3, 0.4) is 0 Å². The fourth-order valence-corrected chi connectivity index (χ4v) is 4.22. The Morgan fingerprint density at radius 2 is 1.75 bits per heavy atom.